The number of aliphatic carboxylic acids is 1. The second kappa shape index (κ2) is 10.5. The van der Waals surface area contributed by atoms with Crippen molar-refractivity contribution in [3.8, 4) is 0 Å². The molecule has 0 amide bonds. The predicted octanol–water partition coefficient (Wildman–Crippen LogP) is 5.63. The number of hydrogen-bond acceptors (Lipinski definition) is 6. The van der Waals surface area contributed by atoms with Crippen molar-refractivity contribution < 1.29 is 33.4 Å². The summed E-state index contributed by atoms with van der Waals surface area (Å²) < 4.78 is 17.7. The van der Waals surface area contributed by atoms with Crippen LogP contribution >= 0.6 is 0 Å². The minimum atomic E-state index is -1.03. The van der Waals surface area contributed by atoms with E-state index in [1.165, 1.54) is 0 Å². The molecule has 2 aliphatic carbocycles. The van der Waals surface area contributed by atoms with E-state index in [0.717, 1.165) is 29.7 Å². The van der Waals surface area contributed by atoms with Gasteiger partial charge in [0.15, 0.2) is 0 Å². The standard InChI is InChI=1S/C27H40O7/c1-7-15(3)11-21(28)33-19-10-9-18-13-20-23(17(5)14-32-20)25(27(18,6)24(19)26(30)31)34-22(29)12-16(4)8-2/h14-16,18-19,24-25H,7-13H2,1-6H3,(H,30,31)/t15?,16?,18-,19+,24-,25-,27+/m1/s1. The monoisotopic (exact) mass is 476 g/mol. The molecule has 0 aliphatic heterocycles. The molecule has 0 aromatic carbocycles. The average molecular weight is 477 g/mol. The maximum atomic E-state index is 12.9. The minimum absolute atomic E-state index is 0.0717. The van der Waals surface area contributed by atoms with E-state index < -0.39 is 29.5 Å². The summed E-state index contributed by atoms with van der Waals surface area (Å²) in [6.45, 7) is 11.8. The van der Waals surface area contributed by atoms with Gasteiger partial charge in [-0.3, -0.25) is 14.4 Å². The van der Waals surface area contributed by atoms with Crippen LogP contribution in [0.1, 0.15) is 96.1 Å². The molecule has 34 heavy (non-hydrogen) atoms. The van der Waals surface area contributed by atoms with Gasteiger partial charge in [-0.2, -0.15) is 0 Å². The van der Waals surface area contributed by atoms with Gasteiger partial charge in [0.05, 0.1) is 6.26 Å². The Morgan fingerprint density at radius 3 is 2.24 bits per heavy atom. The molecule has 0 bridgehead atoms. The Bertz CT molecular complexity index is 903. The largest absolute Gasteiger partial charge is 0.481 e. The topological polar surface area (TPSA) is 103 Å². The van der Waals surface area contributed by atoms with Gasteiger partial charge in [0.1, 0.15) is 23.9 Å². The van der Waals surface area contributed by atoms with Crippen LogP contribution in [0.2, 0.25) is 0 Å². The Morgan fingerprint density at radius 1 is 1.09 bits per heavy atom. The van der Waals surface area contributed by atoms with Gasteiger partial charge >= 0.3 is 17.9 Å². The van der Waals surface area contributed by atoms with Gasteiger partial charge in [-0.15, -0.1) is 0 Å². The van der Waals surface area contributed by atoms with E-state index in [0.29, 0.717) is 19.3 Å². The zero-order chi connectivity index (χ0) is 25.2. The second-order valence-electron chi connectivity index (χ2n) is 10.7. The van der Waals surface area contributed by atoms with Crippen molar-refractivity contribution in [1.82, 2.24) is 0 Å². The number of ether oxygens (including phenoxy) is 2. The molecule has 0 spiro atoms. The zero-order valence-electron chi connectivity index (χ0n) is 21.4. The van der Waals surface area contributed by atoms with Crippen molar-refractivity contribution in [3.05, 3.63) is 23.2 Å². The van der Waals surface area contributed by atoms with Gasteiger partial charge in [0.2, 0.25) is 0 Å². The van der Waals surface area contributed by atoms with E-state index in [1.54, 1.807) is 6.26 Å². The molecule has 1 heterocycles. The molecule has 1 aromatic rings. The molecule has 2 unspecified atom stereocenters. The highest BCUT2D eigenvalue weighted by molar-refractivity contribution is 5.75. The number of hydrogen-bond donors (Lipinski definition) is 1. The third-order valence-corrected chi connectivity index (χ3v) is 8.31. The smallest absolute Gasteiger partial charge is 0.311 e. The Morgan fingerprint density at radius 2 is 1.68 bits per heavy atom. The first-order chi connectivity index (χ1) is 16.0. The number of carbonyl (C=O) groups is 3. The lowest BCUT2D eigenvalue weighted by atomic mass is 9.53. The average Bonchev–Trinajstić information content (AvgIpc) is 3.13. The highest BCUT2D eigenvalue weighted by Crippen LogP contribution is 2.60. The predicted molar refractivity (Wildman–Crippen MR) is 126 cm³/mol. The number of esters is 2. The molecule has 1 aromatic heterocycles. The summed E-state index contributed by atoms with van der Waals surface area (Å²) in [4.78, 5) is 38.3. The van der Waals surface area contributed by atoms with E-state index in [9.17, 15) is 19.5 Å². The normalized spacial score (nSPS) is 29.9. The van der Waals surface area contributed by atoms with Gasteiger partial charge < -0.3 is 19.0 Å². The molecule has 1 saturated carbocycles. The maximum absolute atomic E-state index is 12.9. The quantitative estimate of drug-likeness (QED) is 0.461. The molecule has 1 fully saturated rings. The molecule has 7 heteroatoms. The molecular weight excluding hydrogens is 436 g/mol. The summed E-state index contributed by atoms with van der Waals surface area (Å²) in [7, 11) is 0. The Hall–Kier alpha value is -2.31. The van der Waals surface area contributed by atoms with Crippen LogP contribution in [-0.4, -0.2) is 29.1 Å². The highest BCUT2D eigenvalue weighted by atomic mass is 16.6. The molecular formula is C27H40O7. The van der Waals surface area contributed by atoms with E-state index in [1.807, 2.05) is 41.5 Å². The fourth-order valence-electron chi connectivity index (χ4n) is 5.74. The molecule has 0 saturated heterocycles. The highest BCUT2D eigenvalue weighted by Gasteiger charge is 2.62. The third-order valence-electron chi connectivity index (χ3n) is 8.31. The first-order valence-electron chi connectivity index (χ1n) is 12.7. The fraction of sp³-hybridized carbons (Fsp3) is 0.741. The summed E-state index contributed by atoms with van der Waals surface area (Å²) in [5, 5.41) is 10.4. The van der Waals surface area contributed by atoms with E-state index >= 15 is 0 Å². The van der Waals surface area contributed by atoms with Gasteiger partial charge in [-0.25, -0.2) is 0 Å². The van der Waals surface area contributed by atoms with Gasteiger partial charge in [0.25, 0.3) is 0 Å². The lowest BCUT2D eigenvalue weighted by molar-refractivity contribution is -0.200. The van der Waals surface area contributed by atoms with Crippen LogP contribution in [-0.2, 0) is 30.3 Å². The van der Waals surface area contributed by atoms with Crippen LogP contribution < -0.4 is 0 Å². The van der Waals surface area contributed by atoms with Crippen LogP contribution in [0.5, 0.6) is 0 Å². The Labute approximate surface area is 202 Å². The van der Waals surface area contributed by atoms with Gasteiger partial charge in [-0.05, 0) is 43.1 Å². The molecule has 2 aliphatic rings. The van der Waals surface area contributed by atoms with Crippen LogP contribution in [0.25, 0.3) is 0 Å². The first-order valence-corrected chi connectivity index (χ1v) is 12.7. The van der Waals surface area contributed by atoms with Crippen molar-refractivity contribution >= 4 is 17.9 Å². The molecule has 190 valence electrons. The van der Waals surface area contributed by atoms with Crippen LogP contribution in [0, 0.1) is 36.0 Å². The number of aryl methyl sites for hydroxylation is 1. The lowest BCUT2D eigenvalue weighted by Crippen LogP contribution is -2.56. The molecule has 3 rings (SSSR count). The van der Waals surface area contributed by atoms with Gasteiger partial charge in [0, 0.05) is 30.2 Å². The number of fused-ring (bicyclic) bond motifs is 2. The van der Waals surface area contributed by atoms with Crippen LogP contribution in [0.15, 0.2) is 10.7 Å². The molecule has 0 radical (unpaired) electrons. The second-order valence-corrected chi connectivity index (χ2v) is 10.7. The minimum Gasteiger partial charge on any atom is -0.481 e. The van der Waals surface area contributed by atoms with Crippen molar-refractivity contribution in [2.75, 3.05) is 0 Å². The summed E-state index contributed by atoms with van der Waals surface area (Å²) >= 11 is 0. The SMILES string of the molecule is CCC(C)CC(=O)O[C@H]1CC[C@@H]2Cc3occ(C)c3[C@@H](OC(=O)CC(C)CC)[C@]2(C)[C@H]1C(=O)O. The summed E-state index contributed by atoms with van der Waals surface area (Å²) in [6, 6.07) is 0. The maximum Gasteiger partial charge on any atom is 0.311 e. The summed E-state index contributed by atoms with van der Waals surface area (Å²) in [5.74, 6) is -1.70. The number of carboxylic acids is 1. The third kappa shape index (κ3) is 5.03. The molecule has 1 N–H and O–H groups in total. The van der Waals surface area contributed by atoms with Crippen molar-refractivity contribution in [1.29, 1.82) is 0 Å². The molecule has 7 atom stereocenters. The first kappa shape index (κ1) is 26.3. The van der Waals surface area contributed by atoms with E-state index in [4.69, 9.17) is 13.9 Å². The summed E-state index contributed by atoms with van der Waals surface area (Å²) in [6.07, 6.45) is 4.06. The van der Waals surface area contributed by atoms with Crippen molar-refractivity contribution in [2.45, 2.75) is 98.7 Å². The Kier molecular flexibility index (Phi) is 8.14. The zero-order valence-corrected chi connectivity index (χ0v) is 21.4. The van der Waals surface area contributed by atoms with Crippen LogP contribution in [0.4, 0.5) is 0 Å². The van der Waals surface area contributed by atoms with E-state index in [2.05, 4.69) is 0 Å². The number of rotatable bonds is 9. The lowest BCUT2D eigenvalue weighted by Gasteiger charge is -2.53. The number of carboxylic acid groups (broad SMARTS) is 1. The Balaban J connectivity index is 1.99. The number of carbonyl (C=O) groups excluding carboxylic acids is 2. The molecule has 7 nitrogen and oxygen atoms in total. The van der Waals surface area contributed by atoms with Gasteiger partial charge in [-0.1, -0.05) is 47.5 Å². The van der Waals surface area contributed by atoms with E-state index in [-0.39, 0.29) is 42.5 Å². The number of furan rings is 1. The summed E-state index contributed by atoms with van der Waals surface area (Å²) in [5.41, 5.74) is 0.683. The van der Waals surface area contributed by atoms with Crippen LogP contribution in [0.3, 0.4) is 0 Å². The fourth-order valence-corrected chi connectivity index (χ4v) is 5.74. The van der Waals surface area contributed by atoms with Crippen molar-refractivity contribution in [3.63, 3.8) is 0 Å². The van der Waals surface area contributed by atoms with Crippen molar-refractivity contribution in [2.24, 2.45) is 29.1 Å².